The van der Waals surface area contributed by atoms with Gasteiger partial charge in [-0.05, 0) is 18.2 Å². The van der Waals surface area contributed by atoms with Crippen LogP contribution < -0.4 is 10.1 Å². The summed E-state index contributed by atoms with van der Waals surface area (Å²) in [5.74, 6) is -0.408. The Morgan fingerprint density at radius 3 is 2.95 bits per heavy atom. The lowest BCUT2D eigenvalue weighted by Crippen LogP contribution is -2.27. The third-order valence-corrected chi connectivity index (χ3v) is 3.45. The van der Waals surface area contributed by atoms with Crippen LogP contribution in [0.15, 0.2) is 29.3 Å². The van der Waals surface area contributed by atoms with Crippen LogP contribution in [0.3, 0.4) is 0 Å². The Bertz CT molecular complexity index is 544. The highest BCUT2D eigenvalue weighted by Crippen LogP contribution is 2.18. The minimum Gasteiger partial charge on any atom is -0.497 e. The molecule has 0 saturated heterocycles. The van der Waals surface area contributed by atoms with Gasteiger partial charge < -0.3 is 15.2 Å². The van der Waals surface area contributed by atoms with Crippen molar-refractivity contribution in [2.24, 2.45) is 4.99 Å². The number of amides is 1. The van der Waals surface area contributed by atoms with Crippen LogP contribution in [0.1, 0.15) is 10.4 Å². The number of nitrogens with zero attached hydrogens (tertiary/aromatic N) is 1. The van der Waals surface area contributed by atoms with Gasteiger partial charge in [-0.15, -0.1) is 0 Å². The molecule has 6 nitrogen and oxygen atoms in total. The topological polar surface area (TPSA) is 88.0 Å². The smallest absolute Gasteiger partial charge is 0.329 e. The summed E-state index contributed by atoms with van der Waals surface area (Å²) < 4.78 is 5.03. The second kappa shape index (κ2) is 5.75. The van der Waals surface area contributed by atoms with Gasteiger partial charge in [0.15, 0.2) is 11.2 Å². The van der Waals surface area contributed by atoms with Crippen molar-refractivity contribution < 1.29 is 19.4 Å². The zero-order valence-corrected chi connectivity index (χ0v) is 10.9. The van der Waals surface area contributed by atoms with Crippen LogP contribution in [-0.2, 0) is 4.79 Å². The third kappa shape index (κ3) is 3.25. The van der Waals surface area contributed by atoms with Crippen LogP contribution in [0.5, 0.6) is 5.75 Å². The summed E-state index contributed by atoms with van der Waals surface area (Å²) in [5, 5.41) is 11.7. The number of carboxylic acid groups (broad SMARTS) is 1. The monoisotopic (exact) mass is 280 g/mol. The number of amidine groups is 1. The number of benzene rings is 1. The Hall–Kier alpha value is -2.02. The number of rotatable bonds is 3. The average molecular weight is 280 g/mol. The molecule has 0 bridgehead atoms. The molecule has 0 saturated carbocycles. The Morgan fingerprint density at radius 1 is 1.53 bits per heavy atom. The van der Waals surface area contributed by atoms with E-state index in [1.165, 1.54) is 18.9 Å². The molecular formula is C12H12N2O4S. The molecule has 1 amide bonds. The molecule has 1 aliphatic rings. The number of hydrogen-bond acceptors (Lipinski definition) is 5. The standard InChI is InChI=1S/C12H12N2O4S/c1-18-8-4-2-3-7(5-8)10(15)14-12-13-9(6-19-12)11(16)17/h2-5,9H,6H2,1H3,(H,16,17)(H,13,14,15). The van der Waals surface area contributed by atoms with Gasteiger partial charge >= 0.3 is 5.97 Å². The summed E-state index contributed by atoms with van der Waals surface area (Å²) in [6, 6.07) is 5.90. The largest absolute Gasteiger partial charge is 0.497 e. The zero-order chi connectivity index (χ0) is 13.8. The summed E-state index contributed by atoms with van der Waals surface area (Å²) in [4.78, 5) is 26.6. The first-order chi connectivity index (χ1) is 9.10. The first-order valence-electron chi connectivity index (χ1n) is 5.49. The second-order valence-corrected chi connectivity index (χ2v) is 4.79. The molecular weight excluding hydrogens is 268 g/mol. The Morgan fingerprint density at radius 2 is 2.32 bits per heavy atom. The van der Waals surface area contributed by atoms with E-state index in [1.54, 1.807) is 24.3 Å². The lowest BCUT2D eigenvalue weighted by Gasteiger charge is -2.05. The molecule has 0 aliphatic carbocycles. The molecule has 2 rings (SSSR count). The molecule has 0 spiro atoms. The van der Waals surface area contributed by atoms with Crippen molar-refractivity contribution in [3.05, 3.63) is 29.8 Å². The lowest BCUT2D eigenvalue weighted by molar-refractivity contribution is -0.137. The SMILES string of the molecule is COc1cccc(C(=O)NC2=NC(C(=O)O)CS2)c1. The van der Waals surface area contributed by atoms with Crippen molar-refractivity contribution in [1.29, 1.82) is 0 Å². The summed E-state index contributed by atoms with van der Waals surface area (Å²) >= 11 is 1.22. The normalized spacial score (nSPS) is 17.7. The minimum absolute atomic E-state index is 0.334. The van der Waals surface area contributed by atoms with E-state index in [1.807, 2.05) is 0 Å². The minimum atomic E-state index is -0.988. The maximum atomic E-state index is 11.9. The van der Waals surface area contributed by atoms with Gasteiger partial charge in [-0.25, -0.2) is 9.79 Å². The number of aliphatic imine (C=N–C) groups is 1. The molecule has 0 fully saturated rings. The number of carboxylic acids is 1. The molecule has 1 aliphatic heterocycles. The Balaban J connectivity index is 2.05. The molecule has 7 heteroatoms. The molecule has 1 aromatic carbocycles. The molecule has 1 aromatic rings. The Kier molecular flexibility index (Phi) is 4.06. The van der Waals surface area contributed by atoms with E-state index in [-0.39, 0.29) is 5.91 Å². The number of ether oxygens (including phenoxy) is 1. The molecule has 2 N–H and O–H groups in total. The second-order valence-electron chi connectivity index (χ2n) is 3.79. The van der Waals surface area contributed by atoms with Gasteiger partial charge in [0.05, 0.1) is 7.11 Å². The average Bonchev–Trinajstić information content (AvgIpc) is 2.87. The number of methoxy groups -OCH3 is 1. The van der Waals surface area contributed by atoms with Crippen LogP contribution in [0.25, 0.3) is 0 Å². The van der Waals surface area contributed by atoms with Crippen molar-refractivity contribution in [2.75, 3.05) is 12.9 Å². The number of carbonyl (C=O) groups is 2. The van der Waals surface area contributed by atoms with Crippen LogP contribution in [0.4, 0.5) is 0 Å². The lowest BCUT2D eigenvalue weighted by atomic mass is 10.2. The van der Waals surface area contributed by atoms with Crippen molar-refractivity contribution in [2.45, 2.75) is 6.04 Å². The number of hydrogen-bond donors (Lipinski definition) is 2. The van der Waals surface area contributed by atoms with Crippen molar-refractivity contribution in [3.63, 3.8) is 0 Å². The number of carbonyl (C=O) groups excluding carboxylic acids is 1. The molecule has 19 heavy (non-hydrogen) atoms. The fraction of sp³-hybridized carbons (Fsp3) is 0.250. The first-order valence-corrected chi connectivity index (χ1v) is 6.47. The molecule has 1 atom stereocenters. The summed E-state index contributed by atoms with van der Waals surface area (Å²) in [6.07, 6.45) is 0. The van der Waals surface area contributed by atoms with Gasteiger partial charge in [0, 0.05) is 11.3 Å². The predicted octanol–water partition coefficient (Wildman–Crippen LogP) is 0.981. The highest BCUT2D eigenvalue weighted by molar-refractivity contribution is 8.14. The summed E-state index contributed by atoms with van der Waals surface area (Å²) in [6.45, 7) is 0. The van der Waals surface area contributed by atoms with E-state index in [4.69, 9.17) is 9.84 Å². The van der Waals surface area contributed by atoms with Crippen LogP contribution >= 0.6 is 11.8 Å². The van der Waals surface area contributed by atoms with E-state index in [0.29, 0.717) is 22.2 Å². The maximum Gasteiger partial charge on any atom is 0.329 e. The van der Waals surface area contributed by atoms with E-state index < -0.39 is 12.0 Å². The third-order valence-electron chi connectivity index (χ3n) is 2.49. The van der Waals surface area contributed by atoms with E-state index in [9.17, 15) is 9.59 Å². The van der Waals surface area contributed by atoms with Crippen LogP contribution in [-0.4, -0.2) is 41.1 Å². The molecule has 0 aromatic heterocycles. The number of aliphatic carboxylic acids is 1. The van der Waals surface area contributed by atoms with E-state index in [0.717, 1.165) is 0 Å². The molecule has 0 radical (unpaired) electrons. The quantitative estimate of drug-likeness (QED) is 0.861. The molecule has 1 heterocycles. The van der Waals surface area contributed by atoms with Gasteiger partial charge in [-0.1, -0.05) is 17.8 Å². The number of thioether (sulfide) groups is 1. The number of nitrogens with one attached hydrogen (secondary N) is 1. The fourth-order valence-corrected chi connectivity index (χ4v) is 2.40. The highest BCUT2D eigenvalue weighted by atomic mass is 32.2. The molecule has 100 valence electrons. The van der Waals surface area contributed by atoms with Gasteiger partial charge in [0.2, 0.25) is 0 Å². The van der Waals surface area contributed by atoms with Crippen LogP contribution in [0, 0.1) is 0 Å². The van der Waals surface area contributed by atoms with Crippen molar-refractivity contribution in [3.8, 4) is 5.75 Å². The highest BCUT2D eigenvalue weighted by Gasteiger charge is 2.25. The van der Waals surface area contributed by atoms with Crippen molar-refractivity contribution in [1.82, 2.24) is 5.32 Å². The van der Waals surface area contributed by atoms with Gasteiger partial charge in [-0.2, -0.15) is 0 Å². The Labute approximate surface area is 113 Å². The van der Waals surface area contributed by atoms with Crippen LogP contribution in [0.2, 0.25) is 0 Å². The van der Waals surface area contributed by atoms with E-state index in [2.05, 4.69) is 10.3 Å². The van der Waals surface area contributed by atoms with Gasteiger partial charge in [-0.3, -0.25) is 4.79 Å². The van der Waals surface area contributed by atoms with E-state index >= 15 is 0 Å². The fourth-order valence-electron chi connectivity index (χ4n) is 1.50. The van der Waals surface area contributed by atoms with Gasteiger partial charge in [0.25, 0.3) is 5.91 Å². The first kappa shape index (κ1) is 13.4. The van der Waals surface area contributed by atoms with Crippen molar-refractivity contribution >= 4 is 28.8 Å². The molecule has 1 unspecified atom stereocenters. The summed E-state index contributed by atoms with van der Waals surface area (Å²) in [7, 11) is 1.52. The summed E-state index contributed by atoms with van der Waals surface area (Å²) in [5.41, 5.74) is 0.432. The maximum absolute atomic E-state index is 11.9. The zero-order valence-electron chi connectivity index (χ0n) is 10.1. The van der Waals surface area contributed by atoms with Gasteiger partial charge in [0.1, 0.15) is 5.75 Å². The predicted molar refractivity (Wildman–Crippen MR) is 71.8 cm³/mol.